The SMILES string of the molecule is CCc1ccc(Cc2cc(C)cnc2N)s1. The number of anilines is 1. The molecule has 0 aliphatic heterocycles. The maximum atomic E-state index is 5.87. The lowest BCUT2D eigenvalue weighted by molar-refractivity contribution is 1.16. The summed E-state index contributed by atoms with van der Waals surface area (Å²) in [6, 6.07) is 6.50. The summed E-state index contributed by atoms with van der Waals surface area (Å²) < 4.78 is 0. The highest BCUT2D eigenvalue weighted by atomic mass is 32.1. The maximum Gasteiger partial charge on any atom is 0.126 e. The van der Waals surface area contributed by atoms with Gasteiger partial charge in [0.1, 0.15) is 5.82 Å². The van der Waals surface area contributed by atoms with Gasteiger partial charge in [-0.25, -0.2) is 4.98 Å². The van der Waals surface area contributed by atoms with E-state index in [0.717, 1.165) is 24.0 Å². The van der Waals surface area contributed by atoms with Crippen molar-refractivity contribution in [3.63, 3.8) is 0 Å². The Labute approximate surface area is 100 Å². The Bertz CT molecular complexity index is 488. The molecule has 0 saturated heterocycles. The van der Waals surface area contributed by atoms with Crippen LogP contribution in [-0.2, 0) is 12.8 Å². The van der Waals surface area contributed by atoms with Gasteiger partial charge in [0.15, 0.2) is 0 Å². The molecule has 0 spiro atoms. The van der Waals surface area contributed by atoms with E-state index in [1.165, 1.54) is 9.75 Å². The van der Waals surface area contributed by atoms with E-state index >= 15 is 0 Å². The van der Waals surface area contributed by atoms with Crippen molar-refractivity contribution in [2.24, 2.45) is 0 Å². The zero-order valence-corrected chi connectivity index (χ0v) is 10.5. The monoisotopic (exact) mass is 232 g/mol. The molecule has 2 N–H and O–H groups in total. The summed E-state index contributed by atoms with van der Waals surface area (Å²) in [6.45, 7) is 4.22. The minimum absolute atomic E-state index is 0.650. The number of nitrogens with two attached hydrogens (primary N) is 1. The summed E-state index contributed by atoms with van der Waals surface area (Å²) >= 11 is 1.86. The Morgan fingerprint density at radius 3 is 2.75 bits per heavy atom. The van der Waals surface area contributed by atoms with Crippen LogP contribution in [0.3, 0.4) is 0 Å². The zero-order valence-electron chi connectivity index (χ0n) is 9.66. The molecule has 0 fully saturated rings. The van der Waals surface area contributed by atoms with Gasteiger partial charge in [0.25, 0.3) is 0 Å². The van der Waals surface area contributed by atoms with Gasteiger partial charge in [0, 0.05) is 22.4 Å². The molecule has 0 radical (unpaired) electrons. The number of thiophene rings is 1. The third-order valence-corrected chi connectivity index (χ3v) is 3.80. The van der Waals surface area contributed by atoms with Crippen molar-refractivity contribution >= 4 is 17.2 Å². The zero-order chi connectivity index (χ0) is 11.5. The number of hydrogen-bond donors (Lipinski definition) is 1. The van der Waals surface area contributed by atoms with E-state index in [0.29, 0.717) is 5.82 Å². The second kappa shape index (κ2) is 4.66. The van der Waals surface area contributed by atoms with E-state index in [4.69, 9.17) is 5.73 Å². The fourth-order valence-corrected chi connectivity index (χ4v) is 2.66. The third-order valence-electron chi connectivity index (χ3n) is 2.57. The normalized spacial score (nSPS) is 10.6. The molecule has 0 atom stereocenters. The molecule has 0 bridgehead atoms. The third kappa shape index (κ3) is 2.42. The summed E-state index contributed by atoms with van der Waals surface area (Å²) in [7, 11) is 0. The summed E-state index contributed by atoms with van der Waals surface area (Å²) in [5.41, 5.74) is 8.16. The maximum absolute atomic E-state index is 5.87. The first kappa shape index (κ1) is 11.1. The fourth-order valence-electron chi connectivity index (χ4n) is 1.68. The Morgan fingerprint density at radius 1 is 1.31 bits per heavy atom. The number of rotatable bonds is 3. The van der Waals surface area contributed by atoms with E-state index < -0.39 is 0 Å². The molecule has 0 aromatic carbocycles. The molecular weight excluding hydrogens is 216 g/mol. The Kier molecular flexibility index (Phi) is 3.25. The van der Waals surface area contributed by atoms with Crippen LogP contribution < -0.4 is 5.73 Å². The molecular formula is C13H16N2S. The van der Waals surface area contributed by atoms with Crippen LogP contribution >= 0.6 is 11.3 Å². The van der Waals surface area contributed by atoms with Gasteiger partial charge >= 0.3 is 0 Å². The van der Waals surface area contributed by atoms with Gasteiger partial charge in [-0.15, -0.1) is 11.3 Å². The van der Waals surface area contributed by atoms with Gasteiger partial charge < -0.3 is 5.73 Å². The molecule has 0 saturated carbocycles. The molecule has 0 aliphatic carbocycles. The average Bonchev–Trinajstić information content (AvgIpc) is 2.71. The highest BCUT2D eigenvalue weighted by Gasteiger charge is 2.04. The van der Waals surface area contributed by atoms with Crippen LogP contribution in [0.2, 0.25) is 0 Å². The quantitative estimate of drug-likeness (QED) is 0.882. The van der Waals surface area contributed by atoms with Crippen molar-refractivity contribution in [1.29, 1.82) is 0 Å². The van der Waals surface area contributed by atoms with Crippen LogP contribution in [0.5, 0.6) is 0 Å². The summed E-state index contributed by atoms with van der Waals surface area (Å²) in [5, 5.41) is 0. The molecule has 2 heterocycles. The summed E-state index contributed by atoms with van der Waals surface area (Å²) in [5.74, 6) is 0.650. The van der Waals surface area contributed by atoms with Crippen molar-refractivity contribution in [1.82, 2.24) is 4.98 Å². The Balaban J connectivity index is 2.22. The van der Waals surface area contributed by atoms with Gasteiger partial charge in [0.05, 0.1) is 0 Å². The standard InChI is InChI=1S/C13H16N2S/c1-3-11-4-5-12(16-11)7-10-6-9(2)8-15-13(10)14/h4-6,8H,3,7H2,1-2H3,(H2,14,15). The largest absolute Gasteiger partial charge is 0.383 e. The van der Waals surface area contributed by atoms with Crippen LogP contribution in [0.4, 0.5) is 5.82 Å². The smallest absolute Gasteiger partial charge is 0.126 e. The van der Waals surface area contributed by atoms with E-state index in [-0.39, 0.29) is 0 Å². The highest BCUT2D eigenvalue weighted by Crippen LogP contribution is 2.22. The van der Waals surface area contributed by atoms with E-state index in [1.54, 1.807) is 0 Å². The first-order chi connectivity index (χ1) is 7.69. The average molecular weight is 232 g/mol. The van der Waals surface area contributed by atoms with E-state index in [2.05, 4.69) is 30.1 Å². The van der Waals surface area contributed by atoms with Crippen molar-refractivity contribution in [3.05, 3.63) is 45.3 Å². The van der Waals surface area contributed by atoms with Crippen molar-refractivity contribution in [2.45, 2.75) is 26.7 Å². The molecule has 2 aromatic rings. The lowest BCUT2D eigenvalue weighted by atomic mass is 10.1. The van der Waals surface area contributed by atoms with Crippen LogP contribution in [0.1, 0.15) is 27.8 Å². The molecule has 16 heavy (non-hydrogen) atoms. The summed E-state index contributed by atoms with van der Waals surface area (Å²) in [4.78, 5) is 6.97. The Hall–Kier alpha value is -1.35. The first-order valence-electron chi connectivity index (χ1n) is 5.47. The van der Waals surface area contributed by atoms with Gasteiger partial charge in [-0.3, -0.25) is 0 Å². The predicted molar refractivity (Wildman–Crippen MR) is 69.9 cm³/mol. The number of aryl methyl sites for hydroxylation is 2. The second-order valence-corrected chi connectivity index (χ2v) is 5.21. The van der Waals surface area contributed by atoms with E-state index in [1.807, 2.05) is 24.5 Å². The molecule has 84 valence electrons. The van der Waals surface area contributed by atoms with Crippen LogP contribution in [0.25, 0.3) is 0 Å². The van der Waals surface area contributed by atoms with Gasteiger partial charge in [0.2, 0.25) is 0 Å². The van der Waals surface area contributed by atoms with E-state index in [9.17, 15) is 0 Å². The molecule has 0 aliphatic rings. The minimum atomic E-state index is 0.650. The first-order valence-corrected chi connectivity index (χ1v) is 6.29. The lowest BCUT2D eigenvalue weighted by Gasteiger charge is -2.04. The molecule has 2 aromatic heterocycles. The lowest BCUT2D eigenvalue weighted by Crippen LogP contribution is -1.98. The molecule has 3 heteroatoms. The number of nitrogens with zero attached hydrogens (tertiary/aromatic N) is 1. The van der Waals surface area contributed by atoms with Crippen LogP contribution in [-0.4, -0.2) is 4.98 Å². The molecule has 2 nitrogen and oxygen atoms in total. The second-order valence-electron chi connectivity index (χ2n) is 3.96. The van der Waals surface area contributed by atoms with Gasteiger partial charge in [-0.05, 0) is 36.6 Å². The summed E-state index contributed by atoms with van der Waals surface area (Å²) in [6.07, 6.45) is 3.81. The number of hydrogen-bond acceptors (Lipinski definition) is 3. The Morgan fingerprint density at radius 2 is 2.06 bits per heavy atom. The number of pyridine rings is 1. The van der Waals surface area contributed by atoms with Crippen molar-refractivity contribution in [3.8, 4) is 0 Å². The van der Waals surface area contributed by atoms with Crippen LogP contribution in [0.15, 0.2) is 24.4 Å². The molecule has 0 unspecified atom stereocenters. The predicted octanol–water partition coefficient (Wildman–Crippen LogP) is 3.19. The van der Waals surface area contributed by atoms with Crippen molar-refractivity contribution < 1.29 is 0 Å². The number of aromatic nitrogens is 1. The minimum Gasteiger partial charge on any atom is -0.383 e. The fraction of sp³-hybridized carbons (Fsp3) is 0.308. The number of nitrogen functional groups attached to an aromatic ring is 1. The topological polar surface area (TPSA) is 38.9 Å². The highest BCUT2D eigenvalue weighted by molar-refractivity contribution is 7.12. The molecule has 2 rings (SSSR count). The van der Waals surface area contributed by atoms with Crippen molar-refractivity contribution in [2.75, 3.05) is 5.73 Å². The molecule has 0 amide bonds. The van der Waals surface area contributed by atoms with Gasteiger partial charge in [-0.2, -0.15) is 0 Å². The van der Waals surface area contributed by atoms with Gasteiger partial charge in [-0.1, -0.05) is 13.0 Å². The van der Waals surface area contributed by atoms with Crippen LogP contribution in [0, 0.1) is 6.92 Å².